The van der Waals surface area contributed by atoms with Crippen molar-refractivity contribution in [2.75, 3.05) is 12.0 Å². The van der Waals surface area contributed by atoms with E-state index in [0.29, 0.717) is 12.2 Å². The molecule has 0 amide bonds. The fourth-order valence-corrected chi connectivity index (χ4v) is 0.905. The molecule has 0 aliphatic heterocycles. The van der Waals surface area contributed by atoms with Gasteiger partial charge in [0.05, 0.1) is 0 Å². The first-order valence-corrected chi connectivity index (χ1v) is 5.81. The molecule has 0 heterocycles. The van der Waals surface area contributed by atoms with E-state index in [0.717, 1.165) is 6.42 Å². The van der Waals surface area contributed by atoms with Crippen molar-refractivity contribution in [3.8, 4) is 0 Å². The van der Waals surface area contributed by atoms with Gasteiger partial charge in [0, 0.05) is 18.6 Å². The Morgan fingerprint density at radius 3 is 1.87 bits per heavy atom. The molecule has 2 N–H and O–H groups in total. The molecule has 0 aromatic heterocycles. The summed E-state index contributed by atoms with van der Waals surface area (Å²) >= 11 is 1.46. The van der Waals surface area contributed by atoms with E-state index in [1.54, 1.807) is 0 Å². The lowest BCUT2D eigenvalue weighted by molar-refractivity contribution is -0.148. The Balaban J connectivity index is 0. The van der Waals surface area contributed by atoms with Gasteiger partial charge in [-0.25, -0.2) is 4.79 Å². The van der Waals surface area contributed by atoms with Crippen LogP contribution in [0.4, 0.5) is 0 Å². The normalized spacial score (nSPS) is 8.67. The van der Waals surface area contributed by atoms with Gasteiger partial charge in [0.1, 0.15) is 0 Å². The Morgan fingerprint density at radius 2 is 1.67 bits per heavy atom. The lowest BCUT2D eigenvalue weighted by atomic mass is 10.3. The molecule has 5 nitrogen and oxygen atoms in total. The Morgan fingerprint density at radius 1 is 1.13 bits per heavy atom. The molecule has 15 heavy (non-hydrogen) atoms. The van der Waals surface area contributed by atoms with E-state index in [2.05, 4.69) is 0 Å². The highest BCUT2D eigenvalue weighted by atomic mass is 32.2. The molecule has 0 rings (SSSR count). The first-order valence-electron chi connectivity index (χ1n) is 4.42. The van der Waals surface area contributed by atoms with Gasteiger partial charge < -0.3 is 10.2 Å². The summed E-state index contributed by atoms with van der Waals surface area (Å²) in [7, 11) is 0. The van der Waals surface area contributed by atoms with Crippen LogP contribution in [0.5, 0.6) is 0 Å². The summed E-state index contributed by atoms with van der Waals surface area (Å²) in [5, 5.41) is 16.0. The molecule has 0 aromatic carbocycles. The molecular weight excluding hydrogens is 220 g/mol. The molecule has 0 fully saturated rings. The van der Waals surface area contributed by atoms with E-state index in [4.69, 9.17) is 10.2 Å². The minimum Gasteiger partial charge on any atom is -0.481 e. The molecule has 0 atom stereocenters. The Bertz CT molecular complexity index is 215. The summed E-state index contributed by atoms with van der Waals surface area (Å²) in [6.45, 7) is 1.84. The molecule has 0 radical (unpaired) electrons. The van der Waals surface area contributed by atoms with Gasteiger partial charge in [-0.2, -0.15) is 11.8 Å². The minimum absolute atomic E-state index is 0.135. The third-order valence-electron chi connectivity index (χ3n) is 1.24. The Labute approximate surface area is 92.9 Å². The van der Waals surface area contributed by atoms with Crippen molar-refractivity contribution >= 4 is 29.5 Å². The maximum atomic E-state index is 10.3. The molecule has 0 saturated heterocycles. The molecule has 0 aromatic rings. The van der Waals surface area contributed by atoms with Gasteiger partial charge in [-0.15, -0.1) is 0 Å². The van der Waals surface area contributed by atoms with Crippen LogP contribution in [0, 0.1) is 0 Å². The number of carbonyl (C=O) groups excluding carboxylic acids is 1. The van der Waals surface area contributed by atoms with Crippen LogP contribution in [0.1, 0.15) is 26.2 Å². The summed E-state index contributed by atoms with van der Waals surface area (Å²) in [6.07, 6.45) is 2.99. The average molecular weight is 236 g/mol. The van der Waals surface area contributed by atoms with Gasteiger partial charge in [-0.3, -0.25) is 9.59 Å². The van der Waals surface area contributed by atoms with Gasteiger partial charge in [0.15, 0.2) is 0 Å². The van der Waals surface area contributed by atoms with E-state index >= 15 is 0 Å². The molecular formula is C9H16O5S. The molecule has 6 heteroatoms. The number of aliphatic carboxylic acids is 2. The van der Waals surface area contributed by atoms with Crippen LogP contribution in [0.3, 0.4) is 0 Å². The van der Waals surface area contributed by atoms with Crippen LogP contribution in [0.2, 0.25) is 0 Å². The van der Waals surface area contributed by atoms with Crippen LogP contribution in [-0.2, 0) is 14.4 Å². The van der Waals surface area contributed by atoms with E-state index < -0.39 is 17.7 Å². The lowest BCUT2D eigenvalue weighted by Gasteiger charge is -1.89. The molecule has 0 aliphatic rings. The summed E-state index contributed by atoms with van der Waals surface area (Å²) in [6, 6.07) is 0. The highest BCUT2D eigenvalue weighted by Gasteiger charge is 2.08. The van der Waals surface area contributed by atoms with E-state index in [1.807, 2.05) is 13.2 Å². The van der Waals surface area contributed by atoms with E-state index in [-0.39, 0.29) is 6.42 Å². The number of carboxylic acids is 2. The monoisotopic (exact) mass is 236 g/mol. The van der Waals surface area contributed by atoms with Crippen LogP contribution in [-0.4, -0.2) is 39.9 Å². The molecule has 0 bridgehead atoms. The van der Waals surface area contributed by atoms with Gasteiger partial charge >= 0.3 is 11.9 Å². The smallest absolute Gasteiger partial charge is 0.372 e. The zero-order valence-electron chi connectivity index (χ0n) is 8.86. The maximum Gasteiger partial charge on any atom is 0.372 e. The molecule has 0 saturated carbocycles. The third kappa shape index (κ3) is 15.7. The lowest BCUT2D eigenvalue weighted by Crippen LogP contribution is -2.12. The van der Waals surface area contributed by atoms with Crippen molar-refractivity contribution in [2.24, 2.45) is 0 Å². The van der Waals surface area contributed by atoms with Crippen molar-refractivity contribution < 1.29 is 24.6 Å². The fraction of sp³-hybridized carbons (Fsp3) is 0.667. The van der Waals surface area contributed by atoms with Gasteiger partial charge in [-0.05, 0) is 12.7 Å². The maximum absolute atomic E-state index is 10.3. The van der Waals surface area contributed by atoms with Crippen molar-refractivity contribution in [2.45, 2.75) is 26.2 Å². The molecule has 0 unspecified atom stereocenters. The number of Topliss-reactive ketones (excluding diaryl/α,β-unsaturated/α-hetero) is 1. The highest BCUT2D eigenvalue weighted by molar-refractivity contribution is 7.98. The zero-order chi connectivity index (χ0) is 12.3. The average Bonchev–Trinajstić information content (AvgIpc) is 2.14. The second-order valence-corrected chi connectivity index (χ2v) is 3.60. The highest BCUT2D eigenvalue weighted by Crippen LogP contribution is 1.95. The van der Waals surface area contributed by atoms with Crippen molar-refractivity contribution in [1.29, 1.82) is 0 Å². The van der Waals surface area contributed by atoms with Gasteiger partial charge in [-0.1, -0.05) is 6.92 Å². The molecule has 0 aliphatic carbocycles. The van der Waals surface area contributed by atoms with Gasteiger partial charge in [0.25, 0.3) is 0 Å². The molecule has 0 spiro atoms. The summed E-state index contributed by atoms with van der Waals surface area (Å²) in [5.74, 6) is -2.16. The number of rotatable bonds is 6. The van der Waals surface area contributed by atoms with Crippen LogP contribution >= 0.6 is 11.8 Å². The van der Waals surface area contributed by atoms with Gasteiger partial charge in [0.2, 0.25) is 5.78 Å². The van der Waals surface area contributed by atoms with Crippen molar-refractivity contribution in [3.63, 3.8) is 0 Å². The zero-order valence-corrected chi connectivity index (χ0v) is 9.67. The first-order chi connectivity index (χ1) is 6.95. The predicted octanol–water partition coefficient (Wildman–Crippen LogP) is 1.26. The number of thioether (sulfide) groups is 1. The second kappa shape index (κ2) is 11.0. The minimum atomic E-state index is -1.33. The second-order valence-electron chi connectivity index (χ2n) is 2.61. The number of hydrogen-bond acceptors (Lipinski definition) is 4. The summed E-state index contributed by atoms with van der Waals surface area (Å²) in [5.41, 5.74) is 0. The number of carbonyl (C=O) groups is 3. The number of carboxylic acid groups (broad SMARTS) is 2. The first kappa shape index (κ1) is 16.4. The Hall–Kier alpha value is -1.04. The molecule has 88 valence electrons. The van der Waals surface area contributed by atoms with E-state index in [9.17, 15) is 14.4 Å². The van der Waals surface area contributed by atoms with Crippen LogP contribution < -0.4 is 0 Å². The third-order valence-corrected chi connectivity index (χ3v) is 1.85. The quantitative estimate of drug-likeness (QED) is 0.675. The van der Waals surface area contributed by atoms with Crippen LogP contribution in [0.15, 0.2) is 0 Å². The van der Waals surface area contributed by atoms with Crippen LogP contribution in [0.25, 0.3) is 0 Å². The van der Waals surface area contributed by atoms with Crippen molar-refractivity contribution in [1.82, 2.24) is 0 Å². The Kier molecular flexibility index (Phi) is 12.1. The number of ketones is 1. The topological polar surface area (TPSA) is 91.7 Å². The number of hydrogen-bond donors (Lipinski definition) is 2. The summed E-state index contributed by atoms with van der Waals surface area (Å²) < 4.78 is 0. The summed E-state index contributed by atoms with van der Waals surface area (Å²) in [4.78, 5) is 29.7. The van der Waals surface area contributed by atoms with Crippen molar-refractivity contribution in [3.05, 3.63) is 0 Å². The standard InChI is InChI=1S/C5H8O3S.C4H8O2/c1-9-3-2-4(6)5(7)8;1-2-3-4(5)6/h2-3H2,1H3,(H,7,8);2-3H2,1H3,(H,5,6). The SMILES string of the molecule is CCCC(=O)O.CSCCC(=O)C(=O)O. The predicted molar refractivity (Wildman–Crippen MR) is 58.2 cm³/mol. The van der Waals surface area contributed by atoms with E-state index in [1.165, 1.54) is 11.8 Å². The largest absolute Gasteiger partial charge is 0.481 e. The fourth-order valence-electron chi connectivity index (χ4n) is 0.516.